The molecule has 0 N–H and O–H groups in total. The summed E-state index contributed by atoms with van der Waals surface area (Å²) in [6.45, 7) is 1.92. The van der Waals surface area contributed by atoms with E-state index in [1.165, 1.54) is 11.3 Å². The molecule has 4 rings (SSSR count). The van der Waals surface area contributed by atoms with Gasteiger partial charge in [-0.05, 0) is 0 Å². The van der Waals surface area contributed by atoms with Crippen molar-refractivity contribution in [3.05, 3.63) is 23.5 Å². The monoisotopic (exact) mass is 292 g/mol. The van der Waals surface area contributed by atoms with E-state index in [1.807, 2.05) is 16.0 Å². The molecule has 104 valence electrons. The normalized spacial score (nSPS) is 22.2. The molecule has 0 aromatic carbocycles. The molecule has 7 nitrogen and oxygen atoms in total. The molecular formula is C12H12N4O3S. The lowest BCUT2D eigenvalue weighted by Crippen LogP contribution is -2.53. The standard InChI is InChI=1S/C12H12N4O3S/c17-10(9-6-15-3-4-20-11(15)13-9)14-1-2-16-8(5-14)7-19-12(16)18/h3-4,6,8H,1-2,5,7H2. The quantitative estimate of drug-likeness (QED) is 0.775. The van der Waals surface area contributed by atoms with Crippen LogP contribution in [0.2, 0.25) is 0 Å². The first-order valence-electron chi connectivity index (χ1n) is 6.37. The highest BCUT2D eigenvalue weighted by Crippen LogP contribution is 2.20. The number of imidazole rings is 1. The Morgan fingerprint density at radius 3 is 3.20 bits per heavy atom. The first-order valence-corrected chi connectivity index (χ1v) is 7.25. The number of thiazole rings is 1. The first kappa shape index (κ1) is 11.7. The number of nitrogens with zero attached hydrogens (tertiary/aromatic N) is 4. The fourth-order valence-electron chi connectivity index (χ4n) is 2.67. The van der Waals surface area contributed by atoms with Crippen LogP contribution in [0.3, 0.4) is 0 Å². The molecule has 0 saturated carbocycles. The van der Waals surface area contributed by atoms with Crippen molar-refractivity contribution in [2.75, 3.05) is 26.2 Å². The molecule has 0 radical (unpaired) electrons. The summed E-state index contributed by atoms with van der Waals surface area (Å²) >= 11 is 1.50. The van der Waals surface area contributed by atoms with Crippen molar-refractivity contribution in [1.29, 1.82) is 0 Å². The molecule has 2 aliphatic heterocycles. The Morgan fingerprint density at radius 1 is 1.45 bits per heavy atom. The van der Waals surface area contributed by atoms with Gasteiger partial charge in [0.1, 0.15) is 12.3 Å². The molecule has 20 heavy (non-hydrogen) atoms. The fraction of sp³-hybridized carbons (Fsp3) is 0.417. The number of carbonyl (C=O) groups excluding carboxylic acids is 2. The number of fused-ring (bicyclic) bond motifs is 2. The Balaban J connectivity index is 1.54. The number of aromatic nitrogens is 2. The van der Waals surface area contributed by atoms with E-state index in [2.05, 4.69) is 4.98 Å². The highest BCUT2D eigenvalue weighted by atomic mass is 32.1. The van der Waals surface area contributed by atoms with E-state index in [9.17, 15) is 9.59 Å². The fourth-order valence-corrected chi connectivity index (χ4v) is 3.37. The number of piperazine rings is 1. The predicted molar refractivity (Wildman–Crippen MR) is 70.8 cm³/mol. The van der Waals surface area contributed by atoms with Crippen LogP contribution in [-0.4, -0.2) is 63.5 Å². The van der Waals surface area contributed by atoms with Gasteiger partial charge < -0.3 is 9.64 Å². The molecule has 2 aromatic heterocycles. The Bertz CT molecular complexity index is 665. The van der Waals surface area contributed by atoms with Crippen LogP contribution in [0.5, 0.6) is 0 Å². The van der Waals surface area contributed by atoms with Gasteiger partial charge in [0.25, 0.3) is 5.91 Å². The predicted octanol–water partition coefficient (Wildman–Crippen LogP) is 0.672. The minimum absolute atomic E-state index is 0.0241. The van der Waals surface area contributed by atoms with Crippen LogP contribution in [-0.2, 0) is 4.74 Å². The molecule has 2 saturated heterocycles. The van der Waals surface area contributed by atoms with E-state index < -0.39 is 0 Å². The molecule has 1 unspecified atom stereocenters. The molecular weight excluding hydrogens is 280 g/mol. The van der Waals surface area contributed by atoms with Crippen molar-refractivity contribution in [1.82, 2.24) is 19.2 Å². The van der Waals surface area contributed by atoms with Gasteiger partial charge in [-0.2, -0.15) is 0 Å². The Labute approximate surface area is 118 Å². The van der Waals surface area contributed by atoms with E-state index in [-0.39, 0.29) is 18.0 Å². The van der Waals surface area contributed by atoms with Crippen LogP contribution in [0.1, 0.15) is 10.5 Å². The molecule has 2 aliphatic rings. The number of hydrogen-bond acceptors (Lipinski definition) is 5. The highest BCUT2D eigenvalue weighted by molar-refractivity contribution is 7.15. The van der Waals surface area contributed by atoms with E-state index in [0.29, 0.717) is 31.9 Å². The van der Waals surface area contributed by atoms with E-state index in [1.54, 1.807) is 16.0 Å². The summed E-state index contributed by atoms with van der Waals surface area (Å²) in [5.41, 5.74) is 0.454. The average Bonchev–Trinajstić information content (AvgIpc) is 3.12. The number of cyclic esters (lactones) is 1. The zero-order valence-corrected chi connectivity index (χ0v) is 11.4. The smallest absolute Gasteiger partial charge is 0.410 e. The molecule has 4 heterocycles. The molecule has 2 amide bonds. The summed E-state index contributed by atoms with van der Waals surface area (Å²) in [7, 11) is 0. The number of amides is 2. The second kappa shape index (κ2) is 4.20. The van der Waals surface area contributed by atoms with E-state index in [4.69, 9.17) is 4.74 Å². The Kier molecular flexibility index (Phi) is 2.46. The lowest BCUT2D eigenvalue weighted by Gasteiger charge is -2.34. The van der Waals surface area contributed by atoms with Crippen molar-refractivity contribution in [2.45, 2.75) is 6.04 Å². The number of hydrogen-bond donors (Lipinski definition) is 0. The van der Waals surface area contributed by atoms with Crippen LogP contribution in [0.15, 0.2) is 17.8 Å². The third-order valence-corrected chi connectivity index (χ3v) is 4.49. The third-order valence-electron chi connectivity index (χ3n) is 3.72. The van der Waals surface area contributed by atoms with Crippen molar-refractivity contribution >= 4 is 28.3 Å². The number of ether oxygens (including phenoxy) is 1. The molecule has 8 heteroatoms. The second-order valence-corrected chi connectivity index (χ2v) is 5.77. The van der Waals surface area contributed by atoms with Gasteiger partial charge in [0.05, 0.1) is 6.04 Å². The SMILES string of the molecule is O=C(c1cn2ccsc2n1)N1CCN2C(=O)OCC2C1. The molecule has 0 bridgehead atoms. The van der Waals surface area contributed by atoms with E-state index >= 15 is 0 Å². The lowest BCUT2D eigenvalue weighted by molar-refractivity contribution is 0.0612. The van der Waals surface area contributed by atoms with Gasteiger partial charge in [0.2, 0.25) is 0 Å². The maximum Gasteiger partial charge on any atom is 0.410 e. The molecule has 1 atom stereocenters. The molecule has 2 fully saturated rings. The molecule has 2 aromatic rings. The van der Waals surface area contributed by atoms with Gasteiger partial charge in [0, 0.05) is 37.4 Å². The topological polar surface area (TPSA) is 67.2 Å². The average molecular weight is 292 g/mol. The lowest BCUT2D eigenvalue weighted by atomic mass is 10.2. The van der Waals surface area contributed by atoms with Gasteiger partial charge in [0.15, 0.2) is 4.96 Å². The summed E-state index contributed by atoms with van der Waals surface area (Å²) in [6, 6.07) is -0.0241. The van der Waals surface area contributed by atoms with Crippen LogP contribution in [0.25, 0.3) is 4.96 Å². The summed E-state index contributed by atoms with van der Waals surface area (Å²) in [4.78, 5) is 32.4. The van der Waals surface area contributed by atoms with E-state index in [0.717, 1.165) is 4.96 Å². The summed E-state index contributed by atoms with van der Waals surface area (Å²) in [5.74, 6) is -0.0834. The minimum atomic E-state index is -0.274. The van der Waals surface area contributed by atoms with Crippen molar-refractivity contribution in [3.8, 4) is 0 Å². The van der Waals surface area contributed by atoms with Crippen molar-refractivity contribution < 1.29 is 14.3 Å². The zero-order valence-electron chi connectivity index (χ0n) is 10.6. The van der Waals surface area contributed by atoms with Crippen LogP contribution < -0.4 is 0 Å². The van der Waals surface area contributed by atoms with Crippen LogP contribution >= 0.6 is 11.3 Å². The summed E-state index contributed by atoms with van der Waals surface area (Å²) < 4.78 is 6.84. The highest BCUT2D eigenvalue weighted by Gasteiger charge is 2.39. The van der Waals surface area contributed by atoms with Gasteiger partial charge in [-0.3, -0.25) is 14.1 Å². The van der Waals surface area contributed by atoms with Crippen molar-refractivity contribution in [3.63, 3.8) is 0 Å². The van der Waals surface area contributed by atoms with Crippen LogP contribution in [0, 0.1) is 0 Å². The maximum absolute atomic E-state index is 12.4. The molecule has 0 aliphatic carbocycles. The third kappa shape index (κ3) is 1.68. The zero-order chi connectivity index (χ0) is 13.7. The van der Waals surface area contributed by atoms with Crippen molar-refractivity contribution in [2.24, 2.45) is 0 Å². The van der Waals surface area contributed by atoms with Gasteiger partial charge >= 0.3 is 6.09 Å². The Morgan fingerprint density at radius 2 is 2.35 bits per heavy atom. The number of carbonyl (C=O) groups is 2. The maximum atomic E-state index is 12.4. The van der Waals surface area contributed by atoms with Gasteiger partial charge in [-0.25, -0.2) is 9.78 Å². The van der Waals surface area contributed by atoms with Gasteiger partial charge in [-0.1, -0.05) is 0 Å². The Hall–Kier alpha value is -2.09. The largest absolute Gasteiger partial charge is 0.447 e. The summed E-state index contributed by atoms with van der Waals surface area (Å²) in [5, 5.41) is 1.93. The first-order chi connectivity index (χ1) is 9.72. The number of rotatable bonds is 1. The second-order valence-electron chi connectivity index (χ2n) is 4.89. The minimum Gasteiger partial charge on any atom is -0.447 e. The van der Waals surface area contributed by atoms with Crippen LogP contribution in [0.4, 0.5) is 4.79 Å². The molecule has 0 spiro atoms. The summed E-state index contributed by atoms with van der Waals surface area (Å²) in [6.07, 6.45) is 3.35. The van der Waals surface area contributed by atoms with Gasteiger partial charge in [-0.15, -0.1) is 11.3 Å².